The molecule has 0 aliphatic heterocycles. The number of ether oxygens (including phenoxy) is 1. The Hall–Kier alpha value is -1.88. The number of carboxylic acids is 1. The highest BCUT2D eigenvalue weighted by Crippen LogP contribution is 2.27. The molecule has 2 rings (SSSR count). The van der Waals surface area contributed by atoms with E-state index in [0.717, 1.165) is 16.3 Å². The lowest BCUT2D eigenvalue weighted by atomic mass is 10.1. The molecule has 2 aromatic rings. The first-order valence-electron chi connectivity index (χ1n) is 4.95. The topological polar surface area (TPSA) is 59.4 Å². The fraction of sp³-hybridized carbons (Fsp3) is 0.167. The van der Waals surface area contributed by atoms with Crippen LogP contribution in [-0.4, -0.2) is 23.2 Å². The molecule has 5 heteroatoms. The molecule has 0 radical (unpaired) electrons. The first kappa shape index (κ1) is 11.6. The molecule has 1 aromatic heterocycles. The summed E-state index contributed by atoms with van der Waals surface area (Å²) in [6.07, 6.45) is 0. The van der Waals surface area contributed by atoms with Crippen LogP contribution in [0.15, 0.2) is 23.6 Å². The van der Waals surface area contributed by atoms with Crippen molar-refractivity contribution in [1.29, 1.82) is 0 Å². The number of hydrogen-bond donors (Lipinski definition) is 1. The third-order valence-corrected chi connectivity index (χ3v) is 3.12. The number of aryl methyl sites for hydroxylation is 1. The van der Waals surface area contributed by atoms with Gasteiger partial charge in [-0.25, -0.2) is 9.78 Å². The molecule has 1 aromatic carbocycles. The molecule has 1 N–H and O–H groups in total. The molecule has 0 amide bonds. The van der Waals surface area contributed by atoms with E-state index in [0.29, 0.717) is 5.75 Å². The molecule has 0 atom stereocenters. The van der Waals surface area contributed by atoms with Gasteiger partial charge >= 0.3 is 5.97 Å². The molecule has 0 unspecified atom stereocenters. The van der Waals surface area contributed by atoms with Crippen LogP contribution in [0, 0.1) is 6.92 Å². The van der Waals surface area contributed by atoms with E-state index in [2.05, 4.69) is 4.98 Å². The van der Waals surface area contributed by atoms with Gasteiger partial charge in [0.15, 0.2) is 0 Å². The van der Waals surface area contributed by atoms with E-state index in [-0.39, 0.29) is 5.56 Å². The monoisotopic (exact) mass is 249 g/mol. The van der Waals surface area contributed by atoms with Crippen LogP contribution in [-0.2, 0) is 0 Å². The van der Waals surface area contributed by atoms with Crippen molar-refractivity contribution in [1.82, 2.24) is 4.98 Å². The highest BCUT2D eigenvalue weighted by Gasteiger charge is 2.13. The van der Waals surface area contributed by atoms with Crippen LogP contribution in [0.3, 0.4) is 0 Å². The molecule has 0 spiro atoms. The van der Waals surface area contributed by atoms with Crippen molar-refractivity contribution in [2.24, 2.45) is 0 Å². The summed E-state index contributed by atoms with van der Waals surface area (Å²) < 4.78 is 5.00. The quantitative estimate of drug-likeness (QED) is 0.908. The Balaban J connectivity index is 2.50. The average molecular weight is 249 g/mol. The molecule has 0 saturated carbocycles. The Labute approximate surface area is 103 Å². The van der Waals surface area contributed by atoms with Gasteiger partial charge in [0.2, 0.25) is 0 Å². The van der Waals surface area contributed by atoms with Crippen LogP contribution in [0.5, 0.6) is 5.75 Å². The van der Waals surface area contributed by atoms with Crippen LogP contribution >= 0.6 is 11.3 Å². The summed E-state index contributed by atoms with van der Waals surface area (Å²) in [5.74, 6) is -0.649. The van der Waals surface area contributed by atoms with Crippen LogP contribution in [0.4, 0.5) is 0 Å². The Kier molecular flexibility index (Phi) is 3.10. The lowest BCUT2D eigenvalue weighted by Crippen LogP contribution is -2.00. The fourth-order valence-electron chi connectivity index (χ4n) is 1.53. The second-order valence-corrected chi connectivity index (χ2v) is 4.53. The van der Waals surface area contributed by atoms with Gasteiger partial charge in [-0.1, -0.05) is 0 Å². The molecule has 1 heterocycles. The van der Waals surface area contributed by atoms with Gasteiger partial charge in [0.25, 0.3) is 0 Å². The predicted octanol–water partition coefficient (Wildman–Crippen LogP) is 2.83. The number of methoxy groups -OCH3 is 1. The molecule has 88 valence electrons. The van der Waals surface area contributed by atoms with Crippen LogP contribution < -0.4 is 4.74 Å². The molecule has 0 bridgehead atoms. The third kappa shape index (κ3) is 2.29. The van der Waals surface area contributed by atoms with Crippen molar-refractivity contribution in [2.75, 3.05) is 7.11 Å². The average Bonchev–Trinajstić information content (AvgIpc) is 2.75. The number of carbonyl (C=O) groups is 1. The minimum absolute atomic E-state index is 0.149. The highest BCUT2D eigenvalue weighted by atomic mass is 32.1. The number of aromatic carboxylic acids is 1. The van der Waals surface area contributed by atoms with Gasteiger partial charge < -0.3 is 9.84 Å². The van der Waals surface area contributed by atoms with E-state index < -0.39 is 5.97 Å². The van der Waals surface area contributed by atoms with Crippen LogP contribution in [0.25, 0.3) is 11.3 Å². The van der Waals surface area contributed by atoms with E-state index in [9.17, 15) is 4.79 Å². The fourth-order valence-corrected chi connectivity index (χ4v) is 2.15. The number of aromatic nitrogens is 1. The number of hydrogen-bond acceptors (Lipinski definition) is 4. The van der Waals surface area contributed by atoms with Gasteiger partial charge in [-0.3, -0.25) is 0 Å². The second kappa shape index (κ2) is 4.55. The number of thiazole rings is 1. The Bertz CT molecular complexity index is 563. The van der Waals surface area contributed by atoms with Crippen molar-refractivity contribution in [3.63, 3.8) is 0 Å². The number of benzene rings is 1. The van der Waals surface area contributed by atoms with E-state index in [4.69, 9.17) is 9.84 Å². The highest BCUT2D eigenvalue weighted by molar-refractivity contribution is 7.09. The zero-order valence-corrected chi connectivity index (χ0v) is 10.2. The molecule has 0 aliphatic rings. The smallest absolute Gasteiger partial charge is 0.339 e. The Morgan fingerprint density at radius 1 is 1.47 bits per heavy atom. The van der Waals surface area contributed by atoms with Crippen molar-refractivity contribution in [3.05, 3.63) is 34.2 Å². The zero-order valence-electron chi connectivity index (χ0n) is 9.43. The van der Waals surface area contributed by atoms with Gasteiger partial charge in [0.1, 0.15) is 11.3 Å². The second-order valence-electron chi connectivity index (χ2n) is 3.47. The van der Waals surface area contributed by atoms with Gasteiger partial charge in [-0.15, -0.1) is 11.3 Å². The summed E-state index contributed by atoms with van der Waals surface area (Å²) in [4.78, 5) is 15.4. The molecule has 17 heavy (non-hydrogen) atoms. The predicted molar refractivity (Wildman–Crippen MR) is 65.8 cm³/mol. The molecular formula is C12H11NO3S. The minimum atomic E-state index is -1.00. The van der Waals surface area contributed by atoms with Gasteiger partial charge in [0.05, 0.1) is 17.8 Å². The standard InChI is InChI=1S/C12H11NO3S/c1-7-13-10(6-17-7)8-3-4-11(16-2)9(5-8)12(14)15/h3-6H,1-2H3,(H,14,15). The van der Waals surface area contributed by atoms with Crippen LogP contribution in [0.1, 0.15) is 15.4 Å². The Morgan fingerprint density at radius 2 is 2.24 bits per heavy atom. The lowest BCUT2D eigenvalue weighted by molar-refractivity contribution is 0.0693. The maximum absolute atomic E-state index is 11.1. The number of carboxylic acid groups (broad SMARTS) is 1. The summed E-state index contributed by atoms with van der Waals surface area (Å²) in [6.45, 7) is 1.91. The van der Waals surface area contributed by atoms with Crippen LogP contribution in [0.2, 0.25) is 0 Å². The van der Waals surface area contributed by atoms with E-state index in [1.807, 2.05) is 12.3 Å². The SMILES string of the molecule is COc1ccc(-c2csc(C)n2)cc1C(=O)O. The van der Waals surface area contributed by atoms with Gasteiger partial charge in [-0.05, 0) is 25.1 Å². The molecule has 0 aliphatic carbocycles. The summed E-state index contributed by atoms with van der Waals surface area (Å²) in [7, 11) is 1.45. The van der Waals surface area contributed by atoms with Gasteiger partial charge in [0, 0.05) is 10.9 Å². The van der Waals surface area contributed by atoms with Gasteiger partial charge in [-0.2, -0.15) is 0 Å². The zero-order chi connectivity index (χ0) is 12.4. The van der Waals surface area contributed by atoms with Crippen molar-refractivity contribution in [3.8, 4) is 17.0 Å². The summed E-state index contributed by atoms with van der Waals surface area (Å²) in [5.41, 5.74) is 1.72. The normalized spacial score (nSPS) is 10.2. The minimum Gasteiger partial charge on any atom is -0.496 e. The number of nitrogens with zero attached hydrogens (tertiary/aromatic N) is 1. The first-order chi connectivity index (χ1) is 8.11. The van der Waals surface area contributed by atoms with Crippen molar-refractivity contribution in [2.45, 2.75) is 6.92 Å². The maximum Gasteiger partial charge on any atom is 0.339 e. The van der Waals surface area contributed by atoms with E-state index >= 15 is 0 Å². The van der Waals surface area contributed by atoms with E-state index in [1.54, 1.807) is 18.2 Å². The largest absolute Gasteiger partial charge is 0.496 e. The molecule has 0 saturated heterocycles. The molecular weight excluding hydrogens is 238 g/mol. The number of rotatable bonds is 3. The summed E-state index contributed by atoms with van der Waals surface area (Å²) >= 11 is 1.53. The lowest BCUT2D eigenvalue weighted by Gasteiger charge is -2.06. The van der Waals surface area contributed by atoms with Crippen molar-refractivity contribution < 1.29 is 14.6 Å². The Morgan fingerprint density at radius 3 is 2.76 bits per heavy atom. The first-order valence-corrected chi connectivity index (χ1v) is 5.83. The third-order valence-electron chi connectivity index (χ3n) is 2.34. The molecule has 0 fully saturated rings. The van der Waals surface area contributed by atoms with E-state index in [1.165, 1.54) is 18.4 Å². The summed E-state index contributed by atoms with van der Waals surface area (Å²) in [5, 5.41) is 11.9. The maximum atomic E-state index is 11.1. The van der Waals surface area contributed by atoms with Crippen molar-refractivity contribution >= 4 is 17.3 Å². The molecule has 4 nitrogen and oxygen atoms in total. The summed E-state index contributed by atoms with van der Waals surface area (Å²) in [6, 6.07) is 5.03.